The second-order valence-corrected chi connectivity index (χ2v) is 6.56. The fourth-order valence-electron chi connectivity index (χ4n) is 2.33. The number of hydrogen-bond donors (Lipinski definition) is 1. The zero-order chi connectivity index (χ0) is 15.2. The summed E-state index contributed by atoms with van der Waals surface area (Å²) in [6, 6.07) is 7.56. The molecule has 0 bridgehead atoms. The number of carboxylic acid groups (broad SMARTS) is 1. The molecule has 1 saturated heterocycles. The monoisotopic (exact) mass is 327 g/mol. The van der Waals surface area contributed by atoms with E-state index in [0.717, 1.165) is 17.7 Å². The van der Waals surface area contributed by atoms with Gasteiger partial charge in [0.2, 0.25) is 5.91 Å². The first-order valence-electron chi connectivity index (χ1n) is 6.89. The summed E-state index contributed by atoms with van der Waals surface area (Å²) in [6.07, 6.45) is 1.43. The Balaban J connectivity index is 1.76. The maximum absolute atomic E-state index is 12.1. The van der Waals surface area contributed by atoms with Gasteiger partial charge >= 0.3 is 5.97 Å². The van der Waals surface area contributed by atoms with Crippen LogP contribution in [0.2, 0.25) is 5.02 Å². The number of likely N-dealkylation sites (tertiary alicyclic amines) is 1. The quantitative estimate of drug-likeness (QED) is 0.903. The Morgan fingerprint density at radius 1 is 1.33 bits per heavy atom. The molecular weight excluding hydrogens is 310 g/mol. The minimum Gasteiger partial charge on any atom is -0.481 e. The highest BCUT2D eigenvalue weighted by Crippen LogP contribution is 2.19. The van der Waals surface area contributed by atoms with Crippen LogP contribution in [-0.4, -0.2) is 40.7 Å². The van der Waals surface area contributed by atoms with E-state index in [1.807, 2.05) is 24.3 Å². The lowest BCUT2D eigenvalue weighted by Gasteiger charge is -2.30. The van der Waals surface area contributed by atoms with E-state index in [0.29, 0.717) is 30.3 Å². The van der Waals surface area contributed by atoms with Gasteiger partial charge in [-0.25, -0.2) is 0 Å². The standard InChI is InChI=1S/C15H18ClNO3S/c16-13-5-3-11(4-6-13)9-21-10-14(18)17-7-1-2-12(8-17)15(19)20/h3-6,12H,1-2,7-10H2,(H,19,20)/t12-/m1/s1. The second kappa shape index (κ2) is 7.71. The third-order valence-electron chi connectivity index (χ3n) is 3.53. The number of hydrogen-bond acceptors (Lipinski definition) is 3. The summed E-state index contributed by atoms with van der Waals surface area (Å²) in [4.78, 5) is 24.8. The summed E-state index contributed by atoms with van der Waals surface area (Å²) in [5.41, 5.74) is 1.12. The summed E-state index contributed by atoms with van der Waals surface area (Å²) in [7, 11) is 0. The van der Waals surface area contributed by atoms with Crippen molar-refractivity contribution in [2.75, 3.05) is 18.8 Å². The molecule has 114 valence electrons. The first kappa shape index (κ1) is 16.2. The van der Waals surface area contributed by atoms with Crippen LogP contribution in [0, 0.1) is 5.92 Å². The van der Waals surface area contributed by atoms with E-state index in [1.165, 1.54) is 0 Å². The molecule has 1 aliphatic rings. The minimum atomic E-state index is -0.804. The smallest absolute Gasteiger partial charge is 0.308 e. The molecule has 1 heterocycles. The second-order valence-electron chi connectivity index (χ2n) is 5.14. The van der Waals surface area contributed by atoms with E-state index in [4.69, 9.17) is 16.7 Å². The Morgan fingerprint density at radius 2 is 2.05 bits per heavy atom. The highest BCUT2D eigenvalue weighted by Gasteiger charge is 2.27. The molecule has 4 nitrogen and oxygen atoms in total. The van der Waals surface area contributed by atoms with E-state index in [1.54, 1.807) is 16.7 Å². The Labute approximate surface area is 133 Å². The fraction of sp³-hybridized carbons (Fsp3) is 0.467. The van der Waals surface area contributed by atoms with Crippen molar-refractivity contribution >= 4 is 35.2 Å². The topological polar surface area (TPSA) is 57.6 Å². The van der Waals surface area contributed by atoms with Crippen molar-refractivity contribution in [1.82, 2.24) is 4.90 Å². The lowest BCUT2D eigenvalue weighted by atomic mass is 9.98. The molecule has 6 heteroatoms. The molecule has 0 aliphatic carbocycles. The normalized spacial score (nSPS) is 18.5. The molecule has 0 aromatic heterocycles. The Kier molecular flexibility index (Phi) is 5.94. The van der Waals surface area contributed by atoms with Gasteiger partial charge in [-0.3, -0.25) is 9.59 Å². The Hall–Kier alpha value is -1.20. The number of carboxylic acids is 1. The number of thioether (sulfide) groups is 1. The molecule has 1 N–H and O–H groups in total. The molecule has 1 atom stereocenters. The lowest BCUT2D eigenvalue weighted by Crippen LogP contribution is -2.43. The lowest BCUT2D eigenvalue weighted by molar-refractivity contribution is -0.145. The summed E-state index contributed by atoms with van der Waals surface area (Å²) in [5.74, 6) is -0.0566. The number of benzene rings is 1. The van der Waals surface area contributed by atoms with Crippen LogP contribution < -0.4 is 0 Å². The summed E-state index contributed by atoms with van der Waals surface area (Å²) in [5, 5.41) is 9.73. The molecule has 0 spiro atoms. The maximum atomic E-state index is 12.1. The molecule has 1 amide bonds. The molecule has 0 saturated carbocycles. The van der Waals surface area contributed by atoms with Gasteiger partial charge in [-0.2, -0.15) is 0 Å². The largest absolute Gasteiger partial charge is 0.481 e. The van der Waals surface area contributed by atoms with E-state index >= 15 is 0 Å². The molecule has 2 rings (SSSR count). The Bertz CT molecular complexity index is 506. The van der Waals surface area contributed by atoms with Crippen molar-refractivity contribution in [3.8, 4) is 0 Å². The zero-order valence-electron chi connectivity index (χ0n) is 11.6. The van der Waals surface area contributed by atoms with Gasteiger partial charge in [-0.15, -0.1) is 11.8 Å². The number of halogens is 1. The number of rotatable bonds is 5. The van der Waals surface area contributed by atoms with Crippen LogP contribution in [0.3, 0.4) is 0 Å². The maximum Gasteiger partial charge on any atom is 0.308 e. The number of amides is 1. The zero-order valence-corrected chi connectivity index (χ0v) is 13.2. The minimum absolute atomic E-state index is 0.0277. The summed E-state index contributed by atoms with van der Waals surface area (Å²) in [6.45, 7) is 1.01. The van der Waals surface area contributed by atoms with E-state index in [2.05, 4.69) is 0 Å². The van der Waals surface area contributed by atoms with Gasteiger partial charge in [0.05, 0.1) is 11.7 Å². The molecule has 21 heavy (non-hydrogen) atoms. The van der Waals surface area contributed by atoms with Crippen LogP contribution in [0.1, 0.15) is 18.4 Å². The number of piperidine rings is 1. The van der Waals surface area contributed by atoms with Crippen LogP contribution in [0.5, 0.6) is 0 Å². The summed E-state index contributed by atoms with van der Waals surface area (Å²) >= 11 is 7.36. The predicted molar refractivity (Wildman–Crippen MR) is 84.6 cm³/mol. The molecule has 1 aromatic rings. The van der Waals surface area contributed by atoms with E-state index < -0.39 is 11.9 Å². The number of nitrogens with zero attached hydrogens (tertiary/aromatic N) is 1. The van der Waals surface area contributed by atoms with Crippen molar-refractivity contribution < 1.29 is 14.7 Å². The van der Waals surface area contributed by atoms with Crippen LogP contribution in [-0.2, 0) is 15.3 Å². The van der Waals surface area contributed by atoms with Crippen molar-refractivity contribution in [3.63, 3.8) is 0 Å². The Morgan fingerprint density at radius 3 is 2.71 bits per heavy atom. The molecule has 1 aliphatic heterocycles. The van der Waals surface area contributed by atoms with Gasteiger partial charge in [0.1, 0.15) is 0 Å². The van der Waals surface area contributed by atoms with Crippen molar-refractivity contribution in [2.45, 2.75) is 18.6 Å². The van der Waals surface area contributed by atoms with E-state index in [9.17, 15) is 9.59 Å². The van der Waals surface area contributed by atoms with Crippen LogP contribution in [0.15, 0.2) is 24.3 Å². The average Bonchev–Trinajstić information content (AvgIpc) is 2.49. The highest BCUT2D eigenvalue weighted by atomic mass is 35.5. The van der Waals surface area contributed by atoms with Gasteiger partial charge in [0.25, 0.3) is 0 Å². The van der Waals surface area contributed by atoms with Crippen molar-refractivity contribution in [3.05, 3.63) is 34.9 Å². The molecule has 1 aromatic carbocycles. The van der Waals surface area contributed by atoms with Crippen molar-refractivity contribution in [1.29, 1.82) is 0 Å². The first-order chi connectivity index (χ1) is 10.1. The molecule has 0 radical (unpaired) electrons. The average molecular weight is 328 g/mol. The van der Waals surface area contributed by atoms with Gasteiger partial charge in [-0.1, -0.05) is 23.7 Å². The molecule has 1 fully saturated rings. The van der Waals surface area contributed by atoms with Crippen LogP contribution >= 0.6 is 23.4 Å². The highest BCUT2D eigenvalue weighted by molar-refractivity contribution is 7.99. The summed E-state index contributed by atoms with van der Waals surface area (Å²) < 4.78 is 0. The SMILES string of the molecule is O=C(O)[C@@H]1CCCN(C(=O)CSCc2ccc(Cl)cc2)C1. The van der Waals surface area contributed by atoms with Gasteiger partial charge in [-0.05, 0) is 30.5 Å². The molecular formula is C15H18ClNO3S. The number of carbonyl (C=O) groups excluding carboxylic acids is 1. The predicted octanol–water partition coefficient (Wildman–Crippen LogP) is 2.90. The fourth-order valence-corrected chi connectivity index (χ4v) is 3.35. The van der Waals surface area contributed by atoms with Gasteiger partial charge in [0, 0.05) is 23.9 Å². The third kappa shape index (κ3) is 4.93. The van der Waals surface area contributed by atoms with Gasteiger partial charge < -0.3 is 10.0 Å². The number of aliphatic carboxylic acids is 1. The molecule has 0 unspecified atom stereocenters. The van der Waals surface area contributed by atoms with Crippen molar-refractivity contribution in [2.24, 2.45) is 5.92 Å². The van der Waals surface area contributed by atoms with Crippen LogP contribution in [0.4, 0.5) is 0 Å². The number of carbonyl (C=O) groups is 2. The van der Waals surface area contributed by atoms with E-state index in [-0.39, 0.29) is 5.91 Å². The van der Waals surface area contributed by atoms with Gasteiger partial charge in [0.15, 0.2) is 0 Å². The third-order valence-corrected chi connectivity index (χ3v) is 4.77. The van der Waals surface area contributed by atoms with Crippen LogP contribution in [0.25, 0.3) is 0 Å². The first-order valence-corrected chi connectivity index (χ1v) is 8.42.